The number of ether oxygens (including phenoxy) is 1. The Kier molecular flexibility index (Phi) is 9.52. The Morgan fingerprint density at radius 3 is 2.73 bits per heavy atom. The van der Waals surface area contributed by atoms with Crippen molar-refractivity contribution in [3.63, 3.8) is 0 Å². The third-order valence-electron chi connectivity index (χ3n) is 1.97. The first kappa shape index (κ1) is 14.4. The maximum atomic E-state index is 11.1. The van der Waals surface area contributed by atoms with Gasteiger partial charge in [-0.3, -0.25) is 4.79 Å². The molecule has 0 aliphatic carbocycles. The molecule has 90 valence electrons. The first-order valence-electron chi connectivity index (χ1n) is 5.62. The van der Waals surface area contributed by atoms with Crippen LogP contribution < -0.4 is 5.32 Å². The predicted molar refractivity (Wildman–Crippen MR) is 59.6 cm³/mol. The molecule has 1 amide bonds. The molecule has 0 saturated carbocycles. The first-order valence-corrected chi connectivity index (χ1v) is 5.62. The van der Waals surface area contributed by atoms with Gasteiger partial charge >= 0.3 is 0 Å². The maximum absolute atomic E-state index is 11.1. The Morgan fingerprint density at radius 2 is 2.13 bits per heavy atom. The molecule has 0 aromatic carbocycles. The van der Waals surface area contributed by atoms with Gasteiger partial charge < -0.3 is 15.2 Å². The second-order valence-corrected chi connectivity index (χ2v) is 3.97. The molecule has 0 fully saturated rings. The topological polar surface area (TPSA) is 58.6 Å². The number of aliphatic hydroxyl groups is 1. The lowest BCUT2D eigenvalue weighted by atomic mass is 10.1. The predicted octanol–water partition coefficient (Wildman–Crippen LogP) is 0.938. The van der Waals surface area contributed by atoms with E-state index < -0.39 is 0 Å². The summed E-state index contributed by atoms with van der Waals surface area (Å²) in [6.07, 6.45) is 1.97. The summed E-state index contributed by atoms with van der Waals surface area (Å²) < 4.78 is 5.34. The van der Waals surface area contributed by atoms with Gasteiger partial charge in [-0.15, -0.1) is 0 Å². The number of hydrogen-bond donors (Lipinski definition) is 2. The Morgan fingerprint density at radius 1 is 1.40 bits per heavy atom. The fourth-order valence-corrected chi connectivity index (χ4v) is 1.01. The molecule has 0 rings (SSSR count). The summed E-state index contributed by atoms with van der Waals surface area (Å²) in [6.45, 7) is 6.25. The Bertz CT molecular complexity index is 160. The molecule has 15 heavy (non-hydrogen) atoms. The average molecular weight is 217 g/mol. The smallest absolute Gasteiger partial charge is 0.220 e. The van der Waals surface area contributed by atoms with Gasteiger partial charge in [-0.05, 0) is 18.8 Å². The lowest BCUT2D eigenvalue weighted by Gasteiger charge is -2.07. The molecule has 0 radical (unpaired) electrons. The molecule has 0 aromatic rings. The average Bonchev–Trinajstić information content (AvgIpc) is 2.19. The molecular formula is C11H23NO3. The lowest BCUT2D eigenvalue weighted by molar-refractivity contribution is -0.121. The Balaban J connectivity index is 3.13. The van der Waals surface area contributed by atoms with Crippen LogP contribution in [0.1, 0.15) is 33.1 Å². The van der Waals surface area contributed by atoms with E-state index in [1.807, 2.05) is 0 Å². The van der Waals surface area contributed by atoms with Crippen LogP contribution >= 0.6 is 0 Å². The van der Waals surface area contributed by atoms with Gasteiger partial charge in [0.15, 0.2) is 0 Å². The molecule has 0 unspecified atom stereocenters. The molecule has 0 spiro atoms. The van der Waals surface area contributed by atoms with Gasteiger partial charge in [0.2, 0.25) is 5.91 Å². The zero-order valence-electron chi connectivity index (χ0n) is 9.79. The number of amides is 1. The minimum atomic E-state index is -0.0171. The molecule has 0 aliphatic rings. The van der Waals surface area contributed by atoms with Gasteiger partial charge in [0, 0.05) is 26.2 Å². The SMILES string of the molecule is CC(C)CCOCCNC(=O)CCCO. The van der Waals surface area contributed by atoms with Crippen LogP contribution in [0.5, 0.6) is 0 Å². The van der Waals surface area contributed by atoms with E-state index in [9.17, 15) is 4.79 Å². The van der Waals surface area contributed by atoms with Gasteiger partial charge in [0.05, 0.1) is 6.61 Å². The number of carbonyl (C=O) groups is 1. The molecule has 0 aromatic heterocycles. The summed E-state index contributed by atoms with van der Waals surface area (Å²) in [5.41, 5.74) is 0. The Labute approximate surface area is 92.0 Å². The summed E-state index contributed by atoms with van der Waals surface area (Å²) in [6, 6.07) is 0. The third-order valence-corrected chi connectivity index (χ3v) is 1.97. The standard InChI is InChI=1S/C11H23NO3/c1-10(2)5-8-15-9-6-12-11(14)4-3-7-13/h10,13H,3-9H2,1-2H3,(H,12,14). The van der Waals surface area contributed by atoms with Crippen LogP contribution in [0.25, 0.3) is 0 Å². The van der Waals surface area contributed by atoms with Gasteiger partial charge in [-0.2, -0.15) is 0 Å². The quantitative estimate of drug-likeness (QED) is 0.565. The number of nitrogens with one attached hydrogen (secondary N) is 1. The summed E-state index contributed by atoms with van der Waals surface area (Å²) >= 11 is 0. The lowest BCUT2D eigenvalue weighted by Crippen LogP contribution is -2.27. The third kappa shape index (κ3) is 11.3. The van der Waals surface area contributed by atoms with Crippen molar-refractivity contribution < 1.29 is 14.6 Å². The largest absolute Gasteiger partial charge is 0.396 e. The van der Waals surface area contributed by atoms with Crippen molar-refractivity contribution >= 4 is 5.91 Å². The fraction of sp³-hybridized carbons (Fsp3) is 0.909. The molecule has 0 saturated heterocycles. The molecule has 0 aliphatic heterocycles. The summed E-state index contributed by atoms with van der Waals surface area (Å²) in [4.78, 5) is 11.1. The van der Waals surface area contributed by atoms with Gasteiger partial charge in [0.1, 0.15) is 0 Å². The minimum Gasteiger partial charge on any atom is -0.396 e. The van der Waals surface area contributed by atoms with Crippen molar-refractivity contribution in [2.24, 2.45) is 5.92 Å². The van der Waals surface area contributed by atoms with Gasteiger partial charge in [-0.1, -0.05) is 13.8 Å². The summed E-state index contributed by atoms with van der Waals surface area (Å²) in [7, 11) is 0. The second-order valence-electron chi connectivity index (χ2n) is 3.97. The Hall–Kier alpha value is -0.610. The zero-order valence-corrected chi connectivity index (χ0v) is 9.79. The highest BCUT2D eigenvalue weighted by Crippen LogP contribution is 1.98. The number of hydrogen-bond acceptors (Lipinski definition) is 3. The highest BCUT2D eigenvalue weighted by molar-refractivity contribution is 5.75. The monoisotopic (exact) mass is 217 g/mol. The fourth-order valence-electron chi connectivity index (χ4n) is 1.01. The van der Waals surface area contributed by atoms with E-state index in [1.54, 1.807) is 0 Å². The number of aliphatic hydroxyl groups excluding tert-OH is 1. The second kappa shape index (κ2) is 9.93. The van der Waals surface area contributed by atoms with Crippen molar-refractivity contribution in [2.75, 3.05) is 26.4 Å². The molecule has 4 heteroatoms. The van der Waals surface area contributed by atoms with E-state index in [1.165, 1.54) is 0 Å². The molecule has 4 nitrogen and oxygen atoms in total. The van der Waals surface area contributed by atoms with Crippen LogP contribution in [-0.2, 0) is 9.53 Å². The molecule has 0 heterocycles. The van der Waals surface area contributed by atoms with E-state index in [0.717, 1.165) is 13.0 Å². The number of rotatable bonds is 9. The summed E-state index contributed by atoms with van der Waals surface area (Å²) in [5, 5.41) is 11.2. The van der Waals surface area contributed by atoms with Crippen molar-refractivity contribution in [1.82, 2.24) is 5.32 Å². The zero-order chi connectivity index (χ0) is 11.5. The van der Waals surface area contributed by atoms with Gasteiger partial charge in [-0.25, -0.2) is 0 Å². The maximum Gasteiger partial charge on any atom is 0.220 e. The molecule has 0 atom stereocenters. The van der Waals surface area contributed by atoms with Crippen LogP contribution in [-0.4, -0.2) is 37.4 Å². The minimum absolute atomic E-state index is 0.0171. The highest BCUT2D eigenvalue weighted by atomic mass is 16.5. The molecule has 0 bridgehead atoms. The van der Waals surface area contributed by atoms with E-state index in [0.29, 0.717) is 31.9 Å². The van der Waals surface area contributed by atoms with Crippen molar-refractivity contribution in [3.8, 4) is 0 Å². The van der Waals surface area contributed by atoms with E-state index in [-0.39, 0.29) is 12.5 Å². The van der Waals surface area contributed by atoms with Crippen LogP contribution in [0.15, 0.2) is 0 Å². The van der Waals surface area contributed by atoms with E-state index in [2.05, 4.69) is 19.2 Å². The van der Waals surface area contributed by atoms with Crippen LogP contribution in [0, 0.1) is 5.92 Å². The van der Waals surface area contributed by atoms with E-state index >= 15 is 0 Å². The van der Waals surface area contributed by atoms with Crippen molar-refractivity contribution in [2.45, 2.75) is 33.1 Å². The summed E-state index contributed by atoms with van der Waals surface area (Å²) in [5.74, 6) is 0.639. The number of carbonyl (C=O) groups excluding carboxylic acids is 1. The molecular weight excluding hydrogens is 194 g/mol. The first-order chi connectivity index (χ1) is 7.16. The normalized spacial score (nSPS) is 10.7. The molecule has 2 N–H and O–H groups in total. The van der Waals surface area contributed by atoms with Crippen molar-refractivity contribution in [3.05, 3.63) is 0 Å². The van der Waals surface area contributed by atoms with Crippen LogP contribution in [0.2, 0.25) is 0 Å². The van der Waals surface area contributed by atoms with E-state index in [4.69, 9.17) is 9.84 Å². The highest BCUT2D eigenvalue weighted by Gasteiger charge is 1.99. The van der Waals surface area contributed by atoms with Crippen molar-refractivity contribution in [1.29, 1.82) is 0 Å². The van der Waals surface area contributed by atoms with Crippen LogP contribution in [0.3, 0.4) is 0 Å². The van der Waals surface area contributed by atoms with Crippen LogP contribution in [0.4, 0.5) is 0 Å². The van der Waals surface area contributed by atoms with Gasteiger partial charge in [0.25, 0.3) is 0 Å².